The summed E-state index contributed by atoms with van der Waals surface area (Å²) in [7, 11) is 4.84. The van der Waals surface area contributed by atoms with Gasteiger partial charge in [-0.1, -0.05) is 12.1 Å². The summed E-state index contributed by atoms with van der Waals surface area (Å²) in [6.45, 7) is 7.12. The topological polar surface area (TPSA) is 79.3 Å². The molecule has 0 saturated heterocycles. The third-order valence-corrected chi connectivity index (χ3v) is 3.80. The van der Waals surface area contributed by atoms with Crippen LogP contribution in [-0.2, 0) is 4.74 Å². The smallest absolute Gasteiger partial charge is 0.414 e. The lowest BCUT2D eigenvalue weighted by atomic mass is 9.97. The summed E-state index contributed by atoms with van der Waals surface area (Å²) in [6, 6.07) is 4.90. The standard InChI is InChI=1S/C19H30N2O5/c1-13-14(9-8-10-16(13)25-17(23)20(5)6)15(11-12-22)21(7)18(24)26-19(2,3)4/h8-10,15,22H,11-12H2,1-7H3. The van der Waals surface area contributed by atoms with Crippen molar-refractivity contribution in [1.82, 2.24) is 9.80 Å². The number of benzene rings is 1. The van der Waals surface area contributed by atoms with Crippen molar-refractivity contribution in [3.63, 3.8) is 0 Å². The first-order valence-electron chi connectivity index (χ1n) is 8.53. The number of carbonyl (C=O) groups excluding carboxylic acids is 2. The molecule has 1 N–H and O–H groups in total. The second-order valence-corrected chi connectivity index (χ2v) is 7.35. The summed E-state index contributed by atoms with van der Waals surface area (Å²) in [4.78, 5) is 27.1. The molecule has 0 aliphatic heterocycles. The summed E-state index contributed by atoms with van der Waals surface area (Å²) < 4.78 is 10.8. The second kappa shape index (κ2) is 8.89. The van der Waals surface area contributed by atoms with E-state index in [0.717, 1.165) is 11.1 Å². The van der Waals surface area contributed by atoms with Crippen LogP contribution in [0, 0.1) is 6.92 Å². The molecule has 0 fully saturated rings. The molecule has 1 aromatic carbocycles. The summed E-state index contributed by atoms with van der Waals surface area (Å²) in [5.74, 6) is 0.418. The van der Waals surface area contributed by atoms with Crippen LogP contribution in [0.5, 0.6) is 5.75 Å². The first-order valence-corrected chi connectivity index (χ1v) is 8.53. The number of nitrogens with zero attached hydrogens (tertiary/aromatic N) is 2. The van der Waals surface area contributed by atoms with E-state index in [0.29, 0.717) is 12.2 Å². The van der Waals surface area contributed by atoms with Crippen LogP contribution in [0.1, 0.15) is 44.4 Å². The molecule has 0 spiro atoms. The number of ether oxygens (including phenoxy) is 2. The lowest BCUT2D eigenvalue weighted by Crippen LogP contribution is -2.37. The molecule has 7 heteroatoms. The van der Waals surface area contributed by atoms with Gasteiger partial charge in [-0.15, -0.1) is 0 Å². The Bertz CT molecular complexity index is 637. The van der Waals surface area contributed by atoms with Gasteiger partial charge in [0.2, 0.25) is 0 Å². The first-order chi connectivity index (χ1) is 12.0. The van der Waals surface area contributed by atoms with Crippen LogP contribution in [0.25, 0.3) is 0 Å². The predicted octanol–water partition coefficient (Wildman–Crippen LogP) is 3.35. The fourth-order valence-corrected chi connectivity index (χ4v) is 2.43. The zero-order valence-electron chi connectivity index (χ0n) is 16.7. The van der Waals surface area contributed by atoms with Gasteiger partial charge in [-0.05, 0) is 51.3 Å². The Morgan fingerprint density at radius 2 is 1.77 bits per heavy atom. The Balaban J connectivity index is 3.17. The molecule has 1 atom stereocenters. The molecule has 0 aromatic heterocycles. The number of aliphatic hydroxyl groups excluding tert-OH is 1. The van der Waals surface area contributed by atoms with Gasteiger partial charge in [-0.2, -0.15) is 0 Å². The van der Waals surface area contributed by atoms with Crippen LogP contribution in [0.2, 0.25) is 0 Å². The van der Waals surface area contributed by atoms with Crippen molar-refractivity contribution in [2.45, 2.75) is 45.8 Å². The normalized spacial score (nSPS) is 12.3. The van der Waals surface area contributed by atoms with Gasteiger partial charge in [-0.25, -0.2) is 9.59 Å². The molecule has 0 bridgehead atoms. The van der Waals surface area contributed by atoms with Crippen LogP contribution in [0.3, 0.4) is 0 Å². The quantitative estimate of drug-likeness (QED) is 0.864. The van der Waals surface area contributed by atoms with Gasteiger partial charge in [0.05, 0.1) is 6.04 Å². The minimum absolute atomic E-state index is 0.0983. The molecule has 0 aliphatic carbocycles. The molecule has 0 aliphatic rings. The van der Waals surface area contributed by atoms with E-state index >= 15 is 0 Å². The molecule has 26 heavy (non-hydrogen) atoms. The Morgan fingerprint density at radius 1 is 1.15 bits per heavy atom. The zero-order chi connectivity index (χ0) is 20.1. The molecule has 1 unspecified atom stereocenters. The SMILES string of the molecule is Cc1c(OC(=O)N(C)C)cccc1C(CCO)N(C)C(=O)OC(C)(C)C. The van der Waals surface area contributed by atoms with Gasteiger partial charge in [-0.3, -0.25) is 0 Å². The minimum atomic E-state index is -0.618. The Morgan fingerprint density at radius 3 is 2.27 bits per heavy atom. The number of hydrogen-bond donors (Lipinski definition) is 1. The van der Waals surface area contributed by atoms with Gasteiger partial charge < -0.3 is 24.4 Å². The van der Waals surface area contributed by atoms with E-state index in [1.807, 2.05) is 13.0 Å². The number of amides is 2. The lowest BCUT2D eigenvalue weighted by molar-refractivity contribution is 0.0197. The average Bonchev–Trinajstić information content (AvgIpc) is 2.52. The zero-order valence-corrected chi connectivity index (χ0v) is 16.7. The number of carbonyl (C=O) groups is 2. The van der Waals surface area contributed by atoms with Gasteiger partial charge >= 0.3 is 12.2 Å². The first kappa shape index (κ1) is 21.8. The van der Waals surface area contributed by atoms with Crippen LogP contribution in [0.4, 0.5) is 9.59 Å². The van der Waals surface area contributed by atoms with Crippen LogP contribution in [-0.4, -0.2) is 60.4 Å². The van der Waals surface area contributed by atoms with Crippen molar-refractivity contribution in [2.24, 2.45) is 0 Å². The monoisotopic (exact) mass is 366 g/mol. The third-order valence-electron chi connectivity index (χ3n) is 3.80. The van der Waals surface area contributed by atoms with Gasteiger partial charge in [0, 0.05) is 27.7 Å². The fraction of sp³-hybridized carbons (Fsp3) is 0.579. The fourth-order valence-electron chi connectivity index (χ4n) is 2.43. The minimum Gasteiger partial charge on any atom is -0.444 e. The van der Waals surface area contributed by atoms with E-state index < -0.39 is 23.8 Å². The highest BCUT2D eigenvalue weighted by molar-refractivity contribution is 5.71. The Hall–Kier alpha value is -2.28. The summed E-state index contributed by atoms with van der Waals surface area (Å²) >= 11 is 0. The van der Waals surface area contributed by atoms with Crippen molar-refractivity contribution < 1.29 is 24.2 Å². The van der Waals surface area contributed by atoms with Gasteiger partial charge in [0.15, 0.2) is 0 Å². The highest BCUT2D eigenvalue weighted by Gasteiger charge is 2.28. The Labute approximate surface area is 155 Å². The molecular weight excluding hydrogens is 336 g/mol. The third kappa shape index (κ3) is 5.91. The van der Waals surface area contributed by atoms with E-state index in [4.69, 9.17) is 9.47 Å². The van der Waals surface area contributed by atoms with E-state index in [-0.39, 0.29) is 6.61 Å². The molecule has 0 radical (unpaired) electrons. The summed E-state index contributed by atoms with van der Waals surface area (Å²) in [5.41, 5.74) is 0.904. The van der Waals surface area contributed by atoms with Gasteiger partial charge in [0.25, 0.3) is 0 Å². The number of hydrogen-bond acceptors (Lipinski definition) is 5. The maximum atomic E-state index is 12.4. The van der Waals surface area contributed by atoms with Crippen molar-refractivity contribution in [3.05, 3.63) is 29.3 Å². The van der Waals surface area contributed by atoms with Crippen LogP contribution in [0.15, 0.2) is 18.2 Å². The van der Waals surface area contributed by atoms with Crippen molar-refractivity contribution in [1.29, 1.82) is 0 Å². The van der Waals surface area contributed by atoms with E-state index in [2.05, 4.69) is 0 Å². The highest BCUT2D eigenvalue weighted by Crippen LogP contribution is 2.32. The number of rotatable bonds is 5. The predicted molar refractivity (Wildman–Crippen MR) is 99.3 cm³/mol. The molecule has 146 valence electrons. The summed E-state index contributed by atoms with van der Waals surface area (Å²) in [5, 5.41) is 9.47. The molecule has 1 rings (SSSR count). The molecule has 0 saturated carbocycles. The molecule has 1 aromatic rings. The molecule has 0 heterocycles. The average molecular weight is 366 g/mol. The lowest BCUT2D eigenvalue weighted by Gasteiger charge is -2.32. The van der Waals surface area contributed by atoms with E-state index in [1.165, 1.54) is 9.80 Å². The number of aliphatic hydroxyl groups is 1. The van der Waals surface area contributed by atoms with Crippen LogP contribution < -0.4 is 4.74 Å². The highest BCUT2D eigenvalue weighted by atomic mass is 16.6. The van der Waals surface area contributed by atoms with E-state index in [1.54, 1.807) is 54.0 Å². The maximum absolute atomic E-state index is 12.4. The molecule has 7 nitrogen and oxygen atoms in total. The molecule has 2 amide bonds. The largest absolute Gasteiger partial charge is 0.444 e. The second-order valence-electron chi connectivity index (χ2n) is 7.35. The van der Waals surface area contributed by atoms with Crippen LogP contribution >= 0.6 is 0 Å². The maximum Gasteiger partial charge on any atom is 0.414 e. The van der Waals surface area contributed by atoms with Gasteiger partial charge in [0.1, 0.15) is 11.4 Å². The van der Waals surface area contributed by atoms with Crippen molar-refractivity contribution in [2.75, 3.05) is 27.7 Å². The molecular formula is C19H30N2O5. The van der Waals surface area contributed by atoms with Crippen molar-refractivity contribution >= 4 is 12.2 Å². The Kier molecular flexibility index (Phi) is 7.44. The van der Waals surface area contributed by atoms with Crippen molar-refractivity contribution in [3.8, 4) is 5.75 Å². The van der Waals surface area contributed by atoms with E-state index in [9.17, 15) is 14.7 Å². The summed E-state index contributed by atoms with van der Waals surface area (Å²) in [6.07, 6.45) is -0.628.